The lowest BCUT2D eigenvalue weighted by Gasteiger charge is -2.43. The van der Waals surface area contributed by atoms with E-state index in [0.717, 1.165) is 0 Å². The standard InChI is InChI=1S/C13H14ClN3O/c1-13(2)12(18)16-5-6-17(13)11-7-10(14)4-3-9(11)8-15/h3-4,7H,5-6H2,1-2H3,(H,16,18). The van der Waals surface area contributed by atoms with Crippen LogP contribution in [0.5, 0.6) is 0 Å². The number of anilines is 1. The normalized spacial score (nSPS) is 18.1. The predicted octanol–water partition coefficient (Wildman–Crippen LogP) is 1.93. The van der Waals surface area contributed by atoms with Crippen molar-refractivity contribution in [1.82, 2.24) is 5.32 Å². The summed E-state index contributed by atoms with van der Waals surface area (Å²) in [4.78, 5) is 13.8. The summed E-state index contributed by atoms with van der Waals surface area (Å²) in [7, 11) is 0. The van der Waals surface area contributed by atoms with E-state index in [1.165, 1.54) is 0 Å². The molecule has 1 aromatic carbocycles. The van der Waals surface area contributed by atoms with Crippen molar-refractivity contribution in [3.05, 3.63) is 28.8 Å². The fourth-order valence-corrected chi connectivity index (χ4v) is 2.31. The van der Waals surface area contributed by atoms with Crippen LogP contribution in [0.25, 0.3) is 0 Å². The number of nitriles is 1. The molecule has 0 aromatic heterocycles. The van der Waals surface area contributed by atoms with Crippen molar-refractivity contribution < 1.29 is 4.79 Å². The Balaban J connectivity index is 2.51. The quantitative estimate of drug-likeness (QED) is 0.842. The van der Waals surface area contributed by atoms with Gasteiger partial charge in [-0.1, -0.05) is 11.6 Å². The Labute approximate surface area is 111 Å². The van der Waals surface area contributed by atoms with E-state index in [9.17, 15) is 4.79 Å². The summed E-state index contributed by atoms with van der Waals surface area (Å²) >= 11 is 5.99. The van der Waals surface area contributed by atoms with Crippen LogP contribution in [0.2, 0.25) is 5.02 Å². The lowest BCUT2D eigenvalue weighted by Crippen LogP contribution is -2.62. The van der Waals surface area contributed by atoms with Crippen LogP contribution in [-0.4, -0.2) is 24.5 Å². The summed E-state index contributed by atoms with van der Waals surface area (Å²) in [5, 5.41) is 12.5. The van der Waals surface area contributed by atoms with E-state index in [0.29, 0.717) is 29.4 Å². The molecule has 0 radical (unpaired) electrons. The zero-order valence-electron chi connectivity index (χ0n) is 10.3. The number of piperazine rings is 1. The third kappa shape index (κ3) is 2.02. The number of halogens is 1. The van der Waals surface area contributed by atoms with E-state index >= 15 is 0 Å². The summed E-state index contributed by atoms with van der Waals surface area (Å²) in [6.07, 6.45) is 0. The van der Waals surface area contributed by atoms with Gasteiger partial charge in [0.25, 0.3) is 0 Å². The number of nitrogens with one attached hydrogen (secondary N) is 1. The molecule has 94 valence electrons. The molecule has 1 aliphatic heterocycles. The molecular formula is C13H14ClN3O. The minimum atomic E-state index is -0.686. The van der Waals surface area contributed by atoms with Gasteiger partial charge in [0, 0.05) is 18.1 Å². The van der Waals surface area contributed by atoms with Gasteiger partial charge in [-0.2, -0.15) is 5.26 Å². The molecule has 0 spiro atoms. The van der Waals surface area contributed by atoms with Gasteiger partial charge in [-0.25, -0.2) is 0 Å². The highest BCUT2D eigenvalue weighted by Gasteiger charge is 2.38. The van der Waals surface area contributed by atoms with E-state index in [4.69, 9.17) is 16.9 Å². The van der Waals surface area contributed by atoms with Crippen LogP contribution in [0.3, 0.4) is 0 Å². The molecule has 4 nitrogen and oxygen atoms in total. The van der Waals surface area contributed by atoms with Gasteiger partial charge < -0.3 is 10.2 Å². The number of rotatable bonds is 1. The molecule has 1 heterocycles. The van der Waals surface area contributed by atoms with Crippen molar-refractivity contribution in [1.29, 1.82) is 5.26 Å². The number of hydrogen-bond acceptors (Lipinski definition) is 3. The first-order valence-electron chi connectivity index (χ1n) is 5.72. The van der Waals surface area contributed by atoms with Crippen molar-refractivity contribution >= 4 is 23.2 Å². The number of nitrogens with zero attached hydrogens (tertiary/aromatic N) is 2. The van der Waals surface area contributed by atoms with Crippen LogP contribution >= 0.6 is 11.6 Å². The summed E-state index contributed by atoms with van der Waals surface area (Å²) in [6, 6.07) is 7.24. The Morgan fingerprint density at radius 2 is 2.22 bits per heavy atom. The predicted molar refractivity (Wildman–Crippen MR) is 70.6 cm³/mol. The molecule has 1 fully saturated rings. The molecule has 1 N–H and O–H groups in total. The van der Waals surface area contributed by atoms with E-state index in [1.807, 2.05) is 18.7 Å². The fourth-order valence-electron chi connectivity index (χ4n) is 2.14. The molecule has 0 saturated carbocycles. The number of hydrogen-bond donors (Lipinski definition) is 1. The Hall–Kier alpha value is -1.73. The van der Waals surface area contributed by atoms with Crippen LogP contribution in [0, 0.1) is 11.3 Å². The smallest absolute Gasteiger partial charge is 0.245 e. The average molecular weight is 264 g/mol. The maximum Gasteiger partial charge on any atom is 0.245 e. The van der Waals surface area contributed by atoms with Gasteiger partial charge in [0.2, 0.25) is 5.91 Å². The molecule has 0 aliphatic carbocycles. The largest absolute Gasteiger partial charge is 0.355 e. The SMILES string of the molecule is CC1(C)C(=O)NCCN1c1cc(Cl)ccc1C#N. The maximum atomic E-state index is 11.9. The molecular weight excluding hydrogens is 250 g/mol. The summed E-state index contributed by atoms with van der Waals surface area (Å²) < 4.78 is 0. The van der Waals surface area contributed by atoms with E-state index in [-0.39, 0.29) is 5.91 Å². The molecule has 0 unspecified atom stereocenters. The molecule has 18 heavy (non-hydrogen) atoms. The van der Waals surface area contributed by atoms with Gasteiger partial charge in [0.05, 0.1) is 11.3 Å². The highest BCUT2D eigenvalue weighted by Crippen LogP contribution is 2.31. The molecule has 5 heteroatoms. The van der Waals surface area contributed by atoms with Crippen molar-refractivity contribution in [3.63, 3.8) is 0 Å². The van der Waals surface area contributed by atoms with Crippen LogP contribution in [0.15, 0.2) is 18.2 Å². The van der Waals surface area contributed by atoms with Crippen molar-refractivity contribution in [2.24, 2.45) is 0 Å². The minimum Gasteiger partial charge on any atom is -0.355 e. The highest BCUT2D eigenvalue weighted by molar-refractivity contribution is 6.30. The van der Waals surface area contributed by atoms with Crippen molar-refractivity contribution in [3.8, 4) is 6.07 Å². The number of carbonyl (C=O) groups excluding carboxylic acids is 1. The first-order chi connectivity index (χ1) is 8.46. The Kier molecular flexibility index (Phi) is 3.18. The second-order valence-corrected chi connectivity index (χ2v) is 5.18. The monoisotopic (exact) mass is 263 g/mol. The number of benzene rings is 1. The fraction of sp³-hybridized carbons (Fsp3) is 0.385. The van der Waals surface area contributed by atoms with Crippen LogP contribution < -0.4 is 10.2 Å². The first-order valence-corrected chi connectivity index (χ1v) is 6.10. The summed E-state index contributed by atoms with van der Waals surface area (Å²) in [6.45, 7) is 4.90. The maximum absolute atomic E-state index is 11.9. The zero-order valence-corrected chi connectivity index (χ0v) is 11.1. The summed E-state index contributed by atoms with van der Waals surface area (Å²) in [5.41, 5.74) is 0.557. The van der Waals surface area contributed by atoms with Gasteiger partial charge in [-0.05, 0) is 32.0 Å². The number of amides is 1. The molecule has 0 atom stereocenters. The Bertz CT molecular complexity index is 534. The van der Waals surface area contributed by atoms with Crippen molar-refractivity contribution in [2.45, 2.75) is 19.4 Å². The highest BCUT2D eigenvalue weighted by atomic mass is 35.5. The van der Waals surface area contributed by atoms with Crippen LogP contribution in [-0.2, 0) is 4.79 Å². The molecule has 1 aliphatic rings. The first kappa shape index (κ1) is 12.7. The zero-order chi connectivity index (χ0) is 13.3. The second-order valence-electron chi connectivity index (χ2n) is 4.74. The molecule has 1 aromatic rings. The Morgan fingerprint density at radius 1 is 1.50 bits per heavy atom. The van der Waals surface area contributed by atoms with Gasteiger partial charge in [-0.3, -0.25) is 4.79 Å². The minimum absolute atomic E-state index is 0.0439. The topological polar surface area (TPSA) is 56.1 Å². The third-order valence-electron chi connectivity index (χ3n) is 3.22. The van der Waals surface area contributed by atoms with Gasteiger partial charge in [0.15, 0.2) is 0 Å². The van der Waals surface area contributed by atoms with E-state index in [2.05, 4.69) is 11.4 Å². The van der Waals surface area contributed by atoms with E-state index < -0.39 is 5.54 Å². The lowest BCUT2D eigenvalue weighted by atomic mass is 9.97. The molecule has 0 bridgehead atoms. The third-order valence-corrected chi connectivity index (χ3v) is 3.46. The molecule has 1 saturated heterocycles. The van der Waals surface area contributed by atoms with Crippen LogP contribution in [0.4, 0.5) is 5.69 Å². The second kappa shape index (κ2) is 4.51. The average Bonchev–Trinajstić information content (AvgIpc) is 2.32. The molecule has 1 amide bonds. The van der Waals surface area contributed by atoms with E-state index in [1.54, 1.807) is 18.2 Å². The van der Waals surface area contributed by atoms with Crippen molar-refractivity contribution in [2.75, 3.05) is 18.0 Å². The molecule has 2 rings (SSSR count). The van der Waals surface area contributed by atoms with Gasteiger partial charge in [-0.15, -0.1) is 0 Å². The number of carbonyl (C=O) groups is 1. The van der Waals surface area contributed by atoms with Gasteiger partial charge in [0.1, 0.15) is 11.6 Å². The van der Waals surface area contributed by atoms with Crippen LogP contribution in [0.1, 0.15) is 19.4 Å². The summed E-state index contributed by atoms with van der Waals surface area (Å²) in [5.74, 6) is -0.0439. The van der Waals surface area contributed by atoms with Gasteiger partial charge >= 0.3 is 0 Å². The lowest BCUT2D eigenvalue weighted by molar-refractivity contribution is -0.126. The Morgan fingerprint density at radius 3 is 2.89 bits per heavy atom.